The Morgan fingerprint density at radius 1 is 1.14 bits per heavy atom. The third-order valence-corrected chi connectivity index (χ3v) is 5.43. The number of rotatable bonds is 5. The van der Waals surface area contributed by atoms with Crippen LogP contribution in [0.5, 0.6) is 0 Å². The van der Waals surface area contributed by atoms with Gasteiger partial charge >= 0.3 is 0 Å². The van der Waals surface area contributed by atoms with Gasteiger partial charge in [-0.3, -0.25) is 4.90 Å². The van der Waals surface area contributed by atoms with E-state index in [1.54, 1.807) is 24.3 Å². The molecule has 0 aliphatic rings. The Bertz CT molecular complexity index is 745. The predicted molar refractivity (Wildman–Crippen MR) is 91.8 cm³/mol. The van der Waals surface area contributed by atoms with Gasteiger partial charge in [0.1, 0.15) is 0 Å². The van der Waals surface area contributed by atoms with Gasteiger partial charge in [-0.25, -0.2) is 13.6 Å². The summed E-state index contributed by atoms with van der Waals surface area (Å²) in [7, 11) is -1.60. The summed E-state index contributed by atoms with van der Waals surface area (Å²) >= 11 is 3.55. The van der Waals surface area contributed by atoms with Crippen LogP contribution in [0.25, 0.3) is 0 Å². The zero-order chi connectivity index (χ0) is 16.3. The summed E-state index contributed by atoms with van der Waals surface area (Å²) < 4.78 is 23.7. The standard InChI is InChI=1S/C16H19BrN2O2S/c1-12(13-7-9-15(10-8-13)22(18,20)21)19(2)11-14-5-3-4-6-16(14)17/h3-10,12H,11H2,1-2H3,(H2,18,20,21)/t12-/m0/s1. The van der Waals surface area contributed by atoms with Crippen LogP contribution < -0.4 is 5.14 Å². The van der Waals surface area contributed by atoms with Gasteiger partial charge in [0.2, 0.25) is 10.0 Å². The normalized spacial score (nSPS) is 13.3. The molecule has 2 rings (SSSR count). The van der Waals surface area contributed by atoms with Crippen LogP contribution in [0.4, 0.5) is 0 Å². The summed E-state index contributed by atoms with van der Waals surface area (Å²) in [6.45, 7) is 2.88. The molecule has 0 saturated carbocycles. The fraction of sp³-hybridized carbons (Fsp3) is 0.250. The summed E-state index contributed by atoms with van der Waals surface area (Å²) in [4.78, 5) is 2.34. The Labute approximate surface area is 140 Å². The second-order valence-electron chi connectivity index (χ2n) is 5.30. The van der Waals surface area contributed by atoms with Crippen molar-refractivity contribution in [3.8, 4) is 0 Å². The van der Waals surface area contributed by atoms with E-state index in [9.17, 15) is 8.42 Å². The Morgan fingerprint density at radius 3 is 2.27 bits per heavy atom. The molecule has 0 aliphatic heterocycles. The van der Waals surface area contributed by atoms with E-state index in [2.05, 4.69) is 33.8 Å². The van der Waals surface area contributed by atoms with Crippen molar-refractivity contribution >= 4 is 26.0 Å². The van der Waals surface area contributed by atoms with Crippen LogP contribution in [-0.4, -0.2) is 20.4 Å². The fourth-order valence-corrected chi connectivity index (χ4v) is 3.15. The van der Waals surface area contributed by atoms with Gasteiger partial charge in [0.05, 0.1) is 4.90 Å². The van der Waals surface area contributed by atoms with E-state index in [1.807, 2.05) is 25.2 Å². The van der Waals surface area contributed by atoms with Crippen molar-refractivity contribution in [3.05, 3.63) is 64.1 Å². The van der Waals surface area contributed by atoms with Crippen molar-refractivity contribution < 1.29 is 8.42 Å². The molecule has 0 aromatic heterocycles. The van der Waals surface area contributed by atoms with Gasteiger partial charge in [0.25, 0.3) is 0 Å². The van der Waals surface area contributed by atoms with Crippen LogP contribution in [0.3, 0.4) is 0 Å². The van der Waals surface area contributed by atoms with Crippen LogP contribution in [0.2, 0.25) is 0 Å². The van der Waals surface area contributed by atoms with Crippen molar-refractivity contribution in [2.75, 3.05) is 7.05 Å². The van der Waals surface area contributed by atoms with Crippen LogP contribution in [0.1, 0.15) is 24.1 Å². The number of halogens is 1. The number of primary sulfonamides is 1. The van der Waals surface area contributed by atoms with E-state index in [1.165, 1.54) is 5.56 Å². The largest absolute Gasteiger partial charge is 0.295 e. The molecule has 0 fully saturated rings. The monoisotopic (exact) mass is 382 g/mol. The molecule has 2 aromatic rings. The summed E-state index contributed by atoms with van der Waals surface area (Å²) in [5.74, 6) is 0. The molecule has 118 valence electrons. The average molecular weight is 383 g/mol. The highest BCUT2D eigenvalue weighted by Crippen LogP contribution is 2.24. The van der Waals surface area contributed by atoms with E-state index in [4.69, 9.17) is 5.14 Å². The highest BCUT2D eigenvalue weighted by molar-refractivity contribution is 9.10. The molecule has 2 aromatic carbocycles. The molecule has 0 amide bonds. The summed E-state index contributed by atoms with van der Waals surface area (Å²) in [5, 5.41) is 5.12. The van der Waals surface area contributed by atoms with Gasteiger partial charge < -0.3 is 0 Å². The van der Waals surface area contributed by atoms with Gasteiger partial charge in [-0.2, -0.15) is 0 Å². The van der Waals surface area contributed by atoms with Gasteiger partial charge in [0.15, 0.2) is 0 Å². The lowest BCUT2D eigenvalue weighted by Gasteiger charge is -2.25. The van der Waals surface area contributed by atoms with Crippen molar-refractivity contribution in [3.63, 3.8) is 0 Å². The second kappa shape index (κ2) is 6.91. The maximum Gasteiger partial charge on any atom is 0.238 e. The molecule has 0 saturated heterocycles. The number of nitrogens with two attached hydrogens (primary N) is 1. The molecule has 0 aliphatic carbocycles. The molecule has 0 spiro atoms. The minimum absolute atomic E-state index is 0.136. The molecule has 0 heterocycles. The molecule has 0 bridgehead atoms. The molecule has 6 heteroatoms. The third kappa shape index (κ3) is 4.16. The maximum absolute atomic E-state index is 11.3. The van der Waals surface area contributed by atoms with Crippen molar-refractivity contribution in [2.24, 2.45) is 5.14 Å². The van der Waals surface area contributed by atoms with Crippen LogP contribution in [0.15, 0.2) is 57.9 Å². The molecule has 1 atom stereocenters. The highest BCUT2D eigenvalue weighted by atomic mass is 79.9. The summed E-state index contributed by atoms with van der Waals surface area (Å²) in [6.07, 6.45) is 0. The first-order valence-corrected chi connectivity index (χ1v) is 9.19. The SMILES string of the molecule is C[C@@H](c1ccc(S(N)(=O)=O)cc1)N(C)Cc1ccccc1Br. The minimum atomic E-state index is -3.64. The molecule has 0 radical (unpaired) electrons. The molecule has 4 nitrogen and oxygen atoms in total. The Balaban J connectivity index is 2.14. The first kappa shape index (κ1) is 17.1. The van der Waals surface area contributed by atoms with E-state index >= 15 is 0 Å². The fourth-order valence-electron chi connectivity index (χ4n) is 2.22. The van der Waals surface area contributed by atoms with Gasteiger partial charge in [0, 0.05) is 17.1 Å². The van der Waals surface area contributed by atoms with Gasteiger partial charge in [-0.15, -0.1) is 0 Å². The van der Waals surface area contributed by atoms with E-state index in [-0.39, 0.29) is 10.9 Å². The number of sulfonamides is 1. The number of hydrogen-bond donors (Lipinski definition) is 1. The van der Waals surface area contributed by atoms with Crippen LogP contribution in [-0.2, 0) is 16.6 Å². The zero-order valence-electron chi connectivity index (χ0n) is 12.5. The number of nitrogens with zero attached hydrogens (tertiary/aromatic N) is 1. The topological polar surface area (TPSA) is 63.4 Å². The molecule has 0 unspecified atom stereocenters. The molecular formula is C16H19BrN2O2S. The lowest BCUT2D eigenvalue weighted by atomic mass is 10.1. The minimum Gasteiger partial charge on any atom is -0.295 e. The van der Waals surface area contributed by atoms with E-state index < -0.39 is 10.0 Å². The second-order valence-corrected chi connectivity index (χ2v) is 7.71. The average Bonchev–Trinajstić information content (AvgIpc) is 2.48. The van der Waals surface area contributed by atoms with E-state index in [0.717, 1.165) is 16.6 Å². The van der Waals surface area contributed by atoms with Crippen LogP contribution >= 0.6 is 15.9 Å². The molecule has 2 N–H and O–H groups in total. The van der Waals surface area contributed by atoms with E-state index in [0.29, 0.717) is 0 Å². The van der Waals surface area contributed by atoms with Crippen molar-refractivity contribution in [2.45, 2.75) is 24.4 Å². The lowest BCUT2D eigenvalue weighted by Crippen LogP contribution is -2.22. The first-order valence-electron chi connectivity index (χ1n) is 6.85. The predicted octanol–water partition coefficient (Wildman–Crippen LogP) is 3.29. The third-order valence-electron chi connectivity index (χ3n) is 3.73. The van der Waals surface area contributed by atoms with Crippen molar-refractivity contribution in [1.29, 1.82) is 0 Å². The molecule has 22 heavy (non-hydrogen) atoms. The Kier molecular flexibility index (Phi) is 5.39. The van der Waals surface area contributed by atoms with Crippen LogP contribution in [0, 0.1) is 0 Å². The van der Waals surface area contributed by atoms with Gasteiger partial charge in [-0.1, -0.05) is 46.3 Å². The lowest BCUT2D eigenvalue weighted by molar-refractivity contribution is 0.252. The molecular weight excluding hydrogens is 364 g/mol. The summed E-state index contributed by atoms with van der Waals surface area (Å²) in [6, 6.07) is 15.0. The Hall–Kier alpha value is -1.21. The first-order chi connectivity index (χ1) is 10.3. The van der Waals surface area contributed by atoms with Gasteiger partial charge in [-0.05, 0) is 43.3 Å². The Morgan fingerprint density at radius 2 is 1.73 bits per heavy atom. The quantitative estimate of drug-likeness (QED) is 0.862. The zero-order valence-corrected chi connectivity index (χ0v) is 14.9. The maximum atomic E-state index is 11.3. The number of hydrogen-bond acceptors (Lipinski definition) is 3. The smallest absolute Gasteiger partial charge is 0.238 e. The highest BCUT2D eigenvalue weighted by Gasteiger charge is 2.14. The number of benzene rings is 2. The van der Waals surface area contributed by atoms with Crippen molar-refractivity contribution in [1.82, 2.24) is 4.90 Å². The summed E-state index contributed by atoms with van der Waals surface area (Å²) in [5.41, 5.74) is 2.25.